The van der Waals surface area contributed by atoms with Gasteiger partial charge >= 0.3 is 6.18 Å². The molecular weight excluding hydrogens is 578 g/mol. The Labute approximate surface area is 215 Å². The lowest BCUT2D eigenvalue weighted by Gasteiger charge is -2.14. The highest BCUT2D eigenvalue weighted by atomic mass is 79.9. The molecule has 0 saturated heterocycles. The van der Waals surface area contributed by atoms with Gasteiger partial charge < -0.3 is 9.47 Å². The maximum absolute atomic E-state index is 12.9. The van der Waals surface area contributed by atoms with E-state index in [2.05, 4.69) is 26.5 Å². The first-order valence-electron chi connectivity index (χ1n) is 9.58. The van der Waals surface area contributed by atoms with Gasteiger partial charge in [0.1, 0.15) is 12.3 Å². The normalized spacial score (nSPS) is 11.5. The molecule has 184 valence electrons. The molecule has 35 heavy (non-hydrogen) atoms. The lowest BCUT2D eigenvalue weighted by atomic mass is 10.1. The fourth-order valence-corrected chi connectivity index (χ4v) is 3.76. The smallest absolute Gasteiger partial charge is 0.416 e. The third-order valence-corrected chi connectivity index (χ3v) is 5.87. The van der Waals surface area contributed by atoms with Crippen LogP contribution in [0, 0.1) is 10.1 Å². The molecule has 0 aromatic heterocycles. The minimum atomic E-state index is -4.71. The van der Waals surface area contributed by atoms with Gasteiger partial charge in [0.2, 0.25) is 0 Å². The lowest BCUT2D eigenvalue weighted by Crippen LogP contribution is -2.06. The molecule has 0 heterocycles. The van der Waals surface area contributed by atoms with Crippen molar-refractivity contribution >= 4 is 56.7 Å². The van der Waals surface area contributed by atoms with Crippen molar-refractivity contribution in [1.82, 2.24) is 0 Å². The summed E-state index contributed by atoms with van der Waals surface area (Å²) in [4.78, 5) is 10.3. The Morgan fingerprint density at radius 3 is 2.51 bits per heavy atom. The van der Waals surface area contributed by atoms with Gasteiger partial charge in [0.15, 0.2) is 11.5 Å². The van der Waals surface area contributed by atoms with Crippen molar-refractivity contribution < 1.29 is 27.6 Å². The molecule has 0 aliphatic carbocycles. The van der Waals surface area contributed by atoms with Crippen LogP contribution in [-0.2, 0) is 12.8 Å². The van der Waals surface area contributed by atoms with Crippen LogP contribution in [0.15, 0.2) is 58.1 Å². The summed E-state index contributed by atoms with van der Waals surface area (Å²) in [6.07, 6.45) is -3.39. The van der Waals surface area contributed by atoms with Crippen LogP contribution in [0.5, 0.6) is 11.5 Å². The number of hydrazone groups is 1. The quantitative estimate of drug-likeness (QED) is 0.164. The van der Waals surface area contributed by atoms with Crippen LogP contribution in [0.3, 0.4) is 0 Å². The van der Waals surface area contributed by atoms with Gasteiger partial charge in [-0.05, 0) is 63.5 Å². The van der Waals surface area contributed by atoms with Crippen molar-refractivity contribution in [2.24, 2.45) is 5.10 Å². The van der Waals surface area contributed by atoms with Crippen molar-refractivity contribution in [3.8, 4) is 11.5 Å². The largest absolute Gasteiger partial charge is 0.493 e. The van der Waals surface area contributed by atoms with Gasteiger partial charge in [0, 0.05) is 6.07 Å². The maximum atomic E-state index is 12.9. The molecule has 0 radical (unpaired) electrons. The maximum Gasteiger partial charge on any atom is 0.416 e. The SMILES string of the molecule is COc1cc(/C=N\Nc2ccc(C(F)(F)F)cc2[N+](=O)[O-])cc(Br)c1OCc1ccc(Cl)c(Cl)c1. The molecular formula is C22H15BrCl2F3N3O4. The summed E-state index contributed by atoms with van der Waals surface area (Å²) < 4.78 is 50.3. The number of alkyl halides is 3. The molecule has 0 aliphatic rings. The Balaban J connectivity index is 1.77. The van der Waals surface area contributed by atoms with Crippen molar-refractivity contribution in [3.63, 3.8) is 0 Å². The van der Waals surface area contributed by atoms with Gasteiger partial charge in [-0.15, -0.1) is 0 Å². The number of rotatable bonds is 8. The Morgan fingerprint density at radius 1 is 1.14 bits per heavy atom. The molecule has 0 aliphatic heterocycles. The summed E-state index contributed by atoms with van der Waals surface area (Å²) in [5, 5.41) is 15.9. The molecule has 0 saturated carbocycles. The highest BCUT2D eigenvalue weighted by molar-refractivity contribution is 9.10. The molecule has 1 N–H and O–H groups in total. The molecule has 0 fully saturated rings. The Morgan fingerprint density at radius 2 is 1.89 bits per heavy atom. The number of nitro groups is 1. The van der Waals surface area contributed by atoms with E-state index in [9.17, 15) is 23.3 Å². The van der Waals surface area contributed by atoms with Crippen LogP contribution in [0.1, 0.15) is 16.7 Å². The zero-order chi connectivity index (χ0) is 25.8. The minimum Gasteiger partial charge on any atom is -0.493 e. The molecule has 0 amide bonds. The highest BCUT2D eigenvalue weighted by Gasteiger charge is 2.33. The monoisotopic (exact) mass is 591 g/mol. The number of hydrogen-bond acceptors (Lipinski definition) is 6. The van der Waals surface area contributed by atoms with E-state index in [0.717, 1.165) is 17.7 Å². The van der Waals surface area contributed by atoms with E-state index in [1.807, 2.05) is 0 Å². The standard InChI is InChI=1S/C22H15BrCl2F3N3O4/c1-34-20-8-13(6-15(23)21(20)35-11-12-2-4-16(24)17(25)7-12)10-29-30-18-5-3-14(22(26,27)28)9-19(18)31(32)33/h2-10,30H,11H2,1H3/b29-10-. The molecule has 3 aromatic rings. The number of ether oxygens (including phenoxy) is 2. The van der Waals surface area contributed by atoms with Crippen molar-refractivity contribution in [1.29, 1.82) is 0 Å². The summed E-state index contributed by atoms with van der Waals surface area (Å²) in [6, 6.07) is 10.5. The molecule has 0 spiro atoms. The van der Waals surface area contributed by atoms with Gasteiger partial charge in [-0.1, -0.05) is 29.3 Å². The van der Waals surface area contributed by atoms with Crippen LogP contribution in [0.2, 0.25) is 10.0 Å². The third-order valence-electron chi connectivity index (χ3n) is 4.54. The molecule has 0 atom stereocenters. The van der Waals surface area contributed by atoms with E-state index in [1.165, 1.54) is 13.3 Å². The number of nitro benzene ring substituents is 1. The lowest BCUT2D eigenvalue weighted by molar-refractivity contribution is -0.384. The minimum absolute atomic E-state index is 0.179. The number of methoxy groups -OCH3 is 1. The van der Waals surface area contributed by atoms with E-state index in [0.29, 0.717) is 37.6 Å². The molecule has 7 nitrogen and oxygen atoms in total. The number of benzene rings is 3. The zero-order valence-corrected chi connectivity index (χ0v) is 20.8. The van der Waals surface area contributed by atoms with Crippen LogP contribution >= 0.6 is 39.1 Å². The second-order valence-corrected chi connectivity index (χ2v) is 8.60. The van der Waals surface area contributed by atoms with E-state index >= 15 is 0 Å². The Kier molecular flexibility index (Phi) is 8.47. The predicted molar refractivity (Wildman–Crippen MR) is 131 cm³/mol. The summed E-state index contributed by atoms with van der Waals surface area (Å²) in [7, 11) is 1.44. The summed E-state index contributed by atoms with van der Waals surface area (Å²) in [6.45, 7) is 0.179. The van der Waals surface area contributed by atoms with Gasteiger partial charge in [0.05, 0.1) is 38.3 Å². The average molecular weight is 593 g/mol. The Hall–Kier alpha value is -3.02. The molecule has 13 heteroatoms. The Bertz CT molecular complexity index is 1290. The zero-order valence-electron chi connectivity index (χ0n) is 17.7. The topological polar surface area (TPSA) is 86.0 Å². The fraction of sp³-hybridized carbons (Fsp3) is 0.136. The molecule has 0 bridgehead atoms. The van der Waals surface area contributed by atoms with Crippen molar-refractivity contribution in [3.05, 3.63) is 89.9 Å². The van der Waals surface area contributed by atoms with Crippen LogP contribution in [0.25, 0.3) is 0 Å². The average Bonchev–Trinajstić information content (AvgIpc) is 2.79. The summed E-state index contributed by atoms with van der Waals surface area (Å²) >= 11 is 15.3. The predicted octanol–water partition coefficient (Wildman–Crippen LogP) is 7.72. The van der Waals surface area contributed by atoms with Crippen LogP contribution < -0.4 is 14.9 Å². The van der Waals surface area contributed by atoms with E-state index < -0.39 is 22.4 Å². The number of nitrogens with zero attached hydrogens (tertiary/aromatic N) is 2. The fourth-order valence-electron chi connectivity index (χ4n) is 2.87. The van der Waals surface area contributed by atoms with Gasteiger partial charge in [-0.25, -0.2) is 0 Å². The van der Waals surface area contributed by atoms with E-state index in [1.54, 1.807) is 30.3 Å². The third kappa shape index (κ3) is 6.77. The number of anilines is 1. The number of halogens is 6. The summed E-state index contributed by atoms with van der Waals surface area (Å²) in [5.41, 5.74) is 1.59. The summed E-state index contributed by atoms with van der Waals surface area (Å²) in [5.74, 6) is 0.767. The second-order valence-electron chi connectivity index (χ2n) is 6.93. The van der Waals surface area contributed by atoms with Gasteiger partial charge in [-0.3, -0.25) is 15.5 Å². The van der Waals surface area contributed by atoms with E-state index in [-0.39, 0.29) is 12.3 Å². The number of hydrogen-bond donors (Lipinski definition) is 1. The van der Waals surface area contributed by atoms with Crippen LogP contribution in [0.4, 0.5) is 24.5 Å². The first kappa shape index (κ1) is 26.6. The number of nitrogens with one attached hydrogen (secondary N) is 1. The molecule has 3 rings (SSSR count). The van der Waals surface area contributed by atoms with Crippen LogP contribution in [-0.4, -0.2) is 18.2 Å². The van der Waals surface area contributed by atoms with Crippen molar-refractivity contribution in [2.45, 2.75) is 12.8 Å². The molecule has 3 aromatic carbocycles. The van der Waals surface area contributed by atoms with E-state index in [4.69, 9.17) is 32.7 Å². The highest BCUT2D eigenvalue weighted by Crippen LogP contribution is 2.38. The van der Waals surface area contributed by atoms with Gasteiger partial charge in [0.25, 0.3) is 5.69 Å². The first-order valence-corrected chi connectivity index (χ1v) is 11.1. The molecule has 0 unspecified atom stereocenters. The van der Waals surface area contributed by atoms with Crippen molar-refractivity contribution in [2.75, 3.05) is 12.5 Å². The van der Waals surface area contributed by atoms with Gasteiger partial charge in [-0.2, -0.15) is 18.3 Å². The second kappa shape index (κ2) is 11.1. The first-order chi connectivity index (χ1) is 16.5.